The van der Waals surface area contributed by atoms with Gasteiger partial charge in [-0.2, -0.15) is 4.98 Å². The third kappa shape index (κ3) is 10.5. The Kier molecular flexibility index (Phi) is 12.7. The highest BCUT2D eigenvalue weighted by atomic mass is 32.2. The molecule has 0 radical (unpaired) electrons. The van der Waals surface area contributed by atoms with Crippen LogP contribution in [0.15, 0.2) is 65.0 Å². The quantitative estimate of drug-likeness (QED) is 0.0642. The smallest absolute Gasteiger partial charge is 0.255 e. The van der Waals surface area contributed by atoms with E-state index < -0.39 is 15.9 Å². The number of rotatable bonds is 16. The number of nitrogens with zero attached hydrogens (tertiary/aromatic N) is 3. The summed E-state index contributed by atoms with van der Waals surface area (Å²) in [5.41, 5.74) is 3.34. The Morgan fingerprint density at radius 1 is 1.02 bits per heavy atom. The van der Waals surface area contributed by atoms with Crippen molar-refractivity contribution in [3.63, 3.8) is 0 Å². The summed E-state index contributed by atoms with van der Waals surface area (Å²) in [6.45, 7) is 8.41. The van der Waals surface area contributed by atoms with Gasteiger partial charge < -0.3 is 20.3 Å². The molecule has 0 spiro atoms. The Hall–Kier alpha value is -4.95. The minimum Gasteiger partial charge on any atom is -0.494 e. The fourth-order valence-electron chi connectivity index (χ4n) is 6.96. The number of ether oxygens (including phenoxy) is 1. The van der Waals surface area contributed by atoms with Gasteiger partial charge in [-0.05, 0) is 92.5 Å². The standard InChI is InChI=1S/C42H49N5O7S2/c1-27-23-43-41(46-39(27)44-29-9-7-12-33(21-29)56(52,53)26-42(2,3)4)45-28-14-17-32(18-15-28)54-20-6-5-10-30(48)16-19-38-34-24-47(40(51)35(34)25-55-38)36-13-8-11-31(49)22-37(36)50/h7,9,12,14-15,17-18,21,23,25,36H,5-6,8,10-11,13,16,19-20,22,24,26H2,1-4H3,(H2,43,44,45,46). The van der Waals surface area contributed by atoms with Gasteiger partial charge in [0, 0.05) is 59.2 Å². The van der Waals surface area contributed by atoms with E-state index in [0.29, 0.717) is 86.9 Å². The molecule has 296 valence electrons. The van der Waals surface area contributed by atoms with E-state index in [0.717, 1.165) is 28.1 Å². The molecule has 2 aliphatic rings. The normalized spacial score (nSPS) is 16.1. The lowest BCUT2D eigenvalue weighted by atomic mass is 10.0. The molecule has 1 fully saturated rings. The number of ketones is 3. The van der Waals surface area contributed by atoms with Gasteiger partial charge in [0.2, 0.25) is 5.95 Å². The number of carbonyl (C=O) groups excluding carboxylic acids is 4. The predicted octanol–water partition coefficient (Wildman–Crippen LogP) is 7.94. The maximum atomic E-state index is 13.1. The van der Waals surface area contributed by atoms with Crippen LogP contribution in [0.3, 0.4) is 0 Å². The first kappa shape index (κ1) is 40.7. The molecule has 6 rings (SSSR count). The van der Waals surface area contributed by atoms with Gasteiger partial charge in [0.05, 0.1) is 35.3 Å². The number of sulfone groups is 1. The van der Waals surface area contributed by atoms with Crippen LogP contribution in [0.5, 0.6) is 5.75 Å². The number of aryl methyl sites for hydroxylation is 2. The molecular weight excluding hydrogens is 751 g/mol. The van der Waals surface area contributed by atoms with Gasteiger partial charge in [-0.1, -0.05) is 26.8 Å². The van der Waals surface area contributed by atoms with E-state index in [1.165, 1.54) is 11.3 Å². The molecule has 12 nitrogen and oxygen atoms in total. The number of hydrogen-bond acceptors (Lipinski definition) is 12. The second-order valence-electron chi connectivity index (χ2n) is 15.8. The molecule has 2 aromatic carbocycles. The van der Waals surface area contributed by atoms with Crippen LogP contribution in [-0.2, 0) is 37.2 Å². The van der Waals surface area contributed by atoms with Crippen LogP contribution >= 0.6 is 11.3 Å². The number of unbranched alkanes of at least 4 members (excludes halogenated alkanes) is 1. The maximum Gasteiger partial charge on any atom is 0.255 e. The van der Waals surface area contributed by atoms with Gasteiger partial charge in [-0.3, -0.25) is 19.2 Å². The average molecular weight is 800 g/mol. The highest BCUT2D eigenvalue weighted by Gasteiger charge is 2.39. The molecule has 3 heterocycles. The molecule has 0 bridgehead atoms. The molecule has 1 atom stereocenters. The topological polar surface area (TPSA) is 165 Å². The van der Waals surface area contributed by atoms with Crippen molar-refractivity contribution in [2.45, 2.75) is 103 Å². The molecule has 2 N–H and O–H groups in total. The monoisotopic (exact) mass is 799 g/mol. The molecule has 56 heavy (non-hydrogen) atoms. The lowest BCUT2D eigenvalue weighted by Gasteiger charge is -2.25. The van der Waals surface area contributed by atoms with Crippen LogP contribution in [0.2, 0.25) is 0 Å². The molecule has 1 saturated carbocycles. The minimum atomic E-state index is -3.46. The number of amides is 1. The van der Waals surface area contributed by atoms with Crippen LogP contribution < -0.4 is 15.4 Å². The lowest BCUT2D eigenvalue weighted by Crippen LogP contribution is -2.41. The van der Waals surface area contributed by atoms with E-state index in [1.807, 2.05) is 57.3 Å². The van der Waals surface area contributed by atoms with Crippen molar-refractivity contribution in [2.24, 2.45) is 5.41 Å². The maximum absolute atomic E-state index is 13.1. The van der Waals surface area contributed by atoms with E-state index in [2.05, 4.69) is 20.6 Å². The molecule has 4 aromatic rings. The van der Waals surface area contributed by atoms with Crippen LogP contribution in [0.4, 0.5) is 23.1 Å². The first-order chi connectivity index (χ1) is 26.6. The van der Waals surface area contributed by atoms with Gasteiger partial charge in [-0.15, -0.1) is 11.3 Å². The van der Waals surface area contributed by atoms with Gasteiger partial charge in [0.25, 0.3) is 5.91 Å². The van der Waals surface area contributed by atoms with Crippen molar-refractivity contribution < 1.29 is 32.3 Å². The van der Waals surface area contributed by atoms with Gasteiger partial charge in [0.15, 0.2) is 15.6 Å². The summed E-state index contributed by atoms with van der Waals surface area (Å²) < 4.78 is 31.8. The van der Waals surface area contributed by atoms with E-state index in [9.17, 15) is 27.6 Å². The van der Waals surface area contributed by atoms with Crippen molar-refractivity contribution in [1.82, 2.24) is 14.9 Å². The zero-order valence-corrected chi connectivity index (χ0v) is 34.0. The number of fused-ring (bicyclic) bond motifs is 1. The molecule has 1 amide bonds. The van der Waals surface area contributed by atoms with Crippen LogP contribution in [-0.4, -0.2) is 64.9 Å². The third-order valence-electron chi connectivity index (χ3n) is 9.76. The van der Waals surface area contributed by atoms with Gasteiger partial charge in [0.1, 0.15) is 23.1 Å². The summed E-state index contributed by atoms with van der Waals surface area (Å²) in [5.74, 6) is 1.45. The number of hydrogen-bond donors (Lipinski definition) is 2. The first-order valence-corrected chi connectivity index (χ1v) is 21.6. The van der Waals surface area contributed by atoms with Gasteiger partial charge in [-0.25, -0.2) is 13.4 Å². The zero-order chi connectivity index (χ0) is 40.0. The number of aromatic nitrogens is 2. The SMILES string of the molecule is Cc1cnc(Nc2ccc(OCCCCC(=O)CCc3scc4c3CN(C3CCCC(=O)CC3=O)C4=O)cc2)nc1Nc1cccc(S(=O)(=O)CC(C)(C)C)c1. The van der Waals surface area contributed by atoms with Crippen LogP contribution in [0, 0.1) is 12.3 Å². The molecule has 1 unspecified atom stereocenters. The number of Topliss-reactive ketones (excluding diaryl/α,β-unsaturated/α-hetero) is 3. The molecule has 1 aliphatic carbocycles. The fraction of sp³-hybridized carbons (Fsp3) is 0.429. The van der Waals surface area contributed by atoms with Crippen molar-refractivity contribution in [3.8, 4) is 5.75 Å². The second-order valence-corrected chi connectivity index (χ2v) is 18.7. The Labute approximate surface area is 332 Å². The van der Waals surface area contributed by atoms with E-state index >= 15 is 0 Å². The summed E-state index contributed by atoms with van der Waals surface area (Å²) >= 11 is 1.50. The van der Waals surface area contributed by atoms with Crippen molar-refractivity contribution in [3.05, 3.63) is 81.7 Å². The predicted molar refractivity (Wildman–Crippen MR) is 217 cm³/mol. The number of thiophene rings is 1. The number of nitrogens with one attached hydrogen (secondary N) is 2. The Morgan fingerprint density at radius 2 is 1.80 bits per heavy atom. The van der Waals surface area contributed by atoms with Crippen LogP contribution in [0.25, 0.3) is 0 Å². The lowest BCUT2D eigenvalue weighted by molar-refractivity contribution is -0.128. The summed E-state index contributed by atoms with van der Waals surface area (Å²) in [6.07, 6.45) is 5.94. The highest BCUT2D eigenvalue weighted by Crippen LogP contribution is 2.35. The first-order valence-electron chi connectivity index (χ1n) is 19.0. The number of anilines is 4. The number of benzene rings is 2. The molecule has 0 saturated heterocycles. The highest BCUT2D eigenvalue weighted by molar-refractivity contribution is 7.91. The van der Waals surface area contributed by atoms with Gasteiger partial charge >= 0.3 is 0 Å². The molecule has 1 aliphatic heterocycles. The fourth-order valence-corrected chi connectivity index (χ4v) is 9.90. The average Bonchev–Trinajstić information content (AvgIpc) is 3.63. The Bertz CT molecular complexity index is 2210. The minimum absolute atomic E-state index is 0.0412. The summed E-state index contributed by atoms with van der Waals surface area (Å²) in [5, 5.41) is 8.27. The third-order valence-corrected chi connectivity index (χ3v) is 13.1. The Balaban J connectivity index is 0.920. The molecular formula is C42H49N5O7S2. The van der Waals surface area contributed by atoms with E-state index in [4.69, 9.17) is 4.74 Å². The van der Waals surface area contributed by atoms with Crippen molar-refractivity contribution in [1.29, 1.82) is 0 Å². The molecule has 14 heteroatoms. The summed E-state index contributed by atoms with van der Waals surface area (Å²) in [4.78, 5) is 62.3. The van der Waals surface area contributed by atoms with Crippen molar-refractivity contribution in [2.75, 3.05) is 23.0 Å². The van der Waals surface area contributed by atoms with E-state index in [1.54, 1.807) is 35.4 Å². The van der Waals surface area contributed by atoms with Crippen molar-refractivity contribution >= 4 is 67.6 Å². The Morgan fingerprint density at radius 3 is 2.57 bits per heavy atom. The largest absolute Gasteiger partial charge is 0.494 e. The summed E-state index contributed by atoms with van der Waals surface area (Å²) in [6, 6.07) is 13.6. The summed E-state index contributed by atoms with van der Waals surface area (Å²) in [7, 11) is -3.46. The zero-order valence-electron chi connectivity index (χ0n) is 32.4. The number of carbonyl (C=O) groups is 4. The second kappa shape index (κ2) is 17.5. The molecule has 2 aromatic heterocycles. The van der Waals surface area contributed by atoms with Crippen LogP contribution in [0.1, 0.15) is 98.5 Å². The van der Waals surface area contributed by atoms with E-state index in [-0.39, 0.29) is 45.7 Å².